The number of hydrogen-bond donors (Lipinski definition) is 8. The van der Waals surface area contributed by atoms with Crippen molar-refractivity contribution in [2.24, 2.45) is 5.92 Å². The van der Waals surface area contributed by atoms with Gasteiger partial charge >= 0.3 is 47.5 Å². The number of alkyl carbamates (subject to hydrolysis) is 1. The van der Waals surface area contributed by atoms with E-state index in [0.717, 1.165) is 92.6 Å². The standard InChI is InChI=1S/C24H32N6O4.2C22H20F3N5O3.C20H23N5O4/c1-14-12-17-18(13-15(14)2)30(20-19(26-17)21(31)28-22(32)27-20)11-10-29-8-6-16(7-9-29)25-23(33)34-24(3,4)5;1-12-9-16-17(10-13(12)2)30(19-18(27-16)20(31)29-21(32)28-19)8-7-26-11-14-3-5-15(6-4-14)33-22(23,24)25;1-12-8-16-17(9-13(12)2)30(19-18(27-16)20(31)29-21(32)28-19)7-6-26-11-14-4-3-5-15(10-14)33-22(23,24)25;1-11-9-14-15(10-12(11)2)25(17-16(21-14)18(26)23-20(29)22-17)8-7-24-5-3-13(4-6-24)19(27)28/h12-13,16H,6-11H2,1-5H3,(H,25,33)(H,28,31,32);3-6,9-10,26H,7-8,11H2,1-2H3,(H,29,31,32);3-5,8-10,26H,6-7,11H2,1-2H3,(H,29,31,32);9-10,13H,3-8H2,1-2H3,(H,27,28)(H,23,26,29). The molecule has 0 unspecified atom stereocenters. The molecule has 2 saturated heterocycles. The average molecular weight is 1780 g/mol. The van der Waals surface area contributed by atoms with Crippen LogP contribution < -0.4 is 70.4 Å². The lowest BCUT2D eigenvalue weighted by Gasteiger charge is -2.33. The van der Waals surface area contributed by atoms with Crippen LogP contribution in [0.2, 0.25) is 0 Å². The van der Waals surface area contributed by atoms with Crippen molar-refractivity contribution in [2.45, 2.75) is 165 Å². The van der Waals surface area contributed by atoms with E-state index in [2.05, 4.69) is 95.0 Å². The number of carbonyl (C=O) groups excluding carboxylic acids is 1. The third kappa shape index (κ3) is 23.2. The van der Waals surface area contributed by atoms with Gasteiger partial charge in [0.05, 0.1) is 50.1 Å². The SMILES string of the molecule is Cc1cc2nc3c(=O)[nH]c(=O)nc-3n(CCN3CCC(C(=O)O)CC3)c2cc1C.Cc1cc2nc3c(=O)[nH]c(=O)nc-3n(CCN3CCC(NC(=O)OC(C)(C)C)CC3)c2cc1C.Cc1cc2nc3c(=O)[nH]c(=O)nc-3n(CCNCc3ccc(OC(F)(F)F)cc3)c2cc1C.Cc1cc2nc3c(=O)[nH]c(=O)nc-3n(CCNCc3cccc(OC(F)(F)F)c3)c2cc1C. The smallest absolute Gasteiger partial charge is 0.481 e. The van der Waals surface area contributed by atoms with Crippen LogP contribution in [0.15, 0.2) is 135 Å². The van der Waals surface area contributed by atoms with Crippen LogP contribution in [0.4, 0.5) is 31.1 Å². The van der Waals surface area contributed by atoms with Gasteiger partial charge in [-0.3, -0.25) is 43.9 Å². The van der Waals surface area contributed by atoms with E-state index in [-0.39, 0.29) is 76.3 Å². The largest absolute Gasteiger partial charge is 0.573 e. The number of ether oxygens (including phenoxy) is 3. The van der Waals surface area contributed by atoms with Crippen molar-refractivity contribution < 1.29 is 55.2 Å². The number of likely N-dealkylation sites (tertiary alicyclic amines) is 2. The number of aryl methyl sites for hydroxylation is 8. The Morgan fingerprint density at radius 2 is 0.736 bits per heavy atom. The molecule has 0 aromatic heterocycles. The van der Waals surface area contributed by atoms with Crippen LogP contribution in [0, 0.1) is 61.3 Å². The second-order valence-electron chi connectivity index (χ2n) is 32.9. The highest BCUT2D eigenvalue weighted by molar-refractivity contribution is 5.84. The number of nitrogens with zero attached hydrogens (tertiary/aromatic N) is 14. The number of carboxylic acid groups (broad SMARTS) is 1. The van der Waals surface area contributed by atoms with E-state index in [4.69, 9.17) is 9.84 Å². The van der Waals surface area contributed by atoms with Gasteiger partial charge in [0.2, 0.25) is 0 Å². The number of nitrogens with one attached hydrogen (secondary N) is 7. The summed E-state index contributed by atoms with van der Waals surface area (Å²) in [5.41, 5.74) is 10.2. The van der Waals surface area contributed by atoms with Crippen LogP contribution in [0.3, 0.4) is 0 Å². The lowest BCUT2D eigenvalue weighted by Crippen LogP contribution is -2.46. The van der Waals surface area contributed by atoms with Crippen LogP contribution in [0.25, 0.3) is 90.2 Å². The summed E-state index contributed by atoms with van der Waals surface area (Å²) in [5.74, 6) is -0.665. The van der Waals surface area contributed by atoms with Crippen molar-refractivity contribution in [1.29, 1.82) is 0 Å². The maximum atomic E-state index is 12.4. The first kappa shape index (κ1) is 92.9. The molecular formula is C88H95F6N21O14. The topological polar surface area (TPSA) is 447 Å². The van der Waals surface area contributed by atoms with Crippen LogP contribution >= 0.6 is 0 Å². The van der Waals surface area contributed by atoms with E-state index >= 15 is 0 Å². The number of aliphatic carboxylic acids is 1. The summed E-state index contributed by atoms with van der Waals surface area (Å²) in [6, 6.07) is 26.9. The lowest BCUT2D eigenvalue weighted by atomic mass is 9.97. The predicted molar refractivity (Wildman–Crippen MR) is 467 cm³/mol. The van der Waals surface area contributed by atoms with Gasteiger partial charge in [0.15, 0.2) is 46.1 Å². The fraction of sp³-hybridized carbons (Fsp3) is 0.386. The molecule has 0 aliphatic carbocycles. The Morgan fingerprint density at radius 3 is 1.08 bits per heavy atom. The predicted octanol–water partition coefficient (Wildman–Crippen LogP) is 8.97. The number of fused-ring (bicyclic) bond motifs is 8. The third-order valence-electron chi connectivity index (χ3n) is 22.4. The summed E-state index contributed by atoms with van der Waals surface area (Å²) < 4.78 is 94.6. The molecule has 10 heterocycles. The molecule has 8 N–H and O–H groups in total. The second kappa shape index (κ2) is 38.8. The van der Waals surface area contributed by atoms with Crippen LogP contribution in [-0.2, 0) is 48.8 Å². The molecule has 35 nitrogen and oxygen atoms in total. The Balaban J connectivity index is 0.000000147. The van der Waals surface area contributed by atoms with Crippen molar-refractivity contribution in [3.8, 4) is 57.6 Å². The Bertz CT molecular complexity index is 6920. The molecule has 10 aliphatic rings. The zero-order valence-corrected chi connectivity index (χ0v) is 72.4. The van der Waals surface area contributed by atoms with Gasteiger partial charge in [0, 0.05) is 84.6 Å². The molecule has 2 fully saturated rings. The van der Waals surface area contributed by atoms with Gasteiger partial charge in [-0.25, -0.2) is 43.9 Å². The molecular weight excluding hydrogens is 1690 g/mol. The summed E-state index contributed by atoms with van der Waals surface area (Å²) in [6.07, 6.45) is -6.98. The van der Waals surface area contributed by atoms with Crippen molar-refractivity contribution in [2.75, 3.05) is 52.4 Å². The van der Waals surface area contributed by atoms with Gasteiger partial charge < -0.3 is 63.3 Å². The average Bonchev–Trinajstić information content (AvgIpc) is 0.768. The molecule has 16 rings (SSSR count). The van der Waals surface area contributed by atoms with Gasteiger partial charge in [0.1, 0.15) is 17.1 Å². The normalized spacial score (nSPS) is 13.8. The minimum Gasteiger partial charge on any atom is -0.481 e. The number of aromatic amines is 4. The maximum Gasteiger partial charge on any atom is 0.573 e. The fourth-order valence-electron chi connectivity index (χ4n) is 15.3. The van der Waals surface area contributed by atoms with Gasteiger partial charge in [-0.15, -0.1) is 26.3 Å². The highest BCUT2D eigenvalue weighted by atomic mass is 19.4. The molecule has 0 radical (unpaired) electrons. The third-order valence-corrected chi connectivity index (χ3v) is 22.4. The summed E-state index contributed by atoms with van der Waals surface area (Å²) in [7, 11) is 0. The summed E-state index contributed by atoms with van der Waals surface area (Å²) in [5, 5.41) is 18.5. The van der Waals surface area contributed by atoms with E-state index in [1.54, 1.807) is 15.2 Å². The molecule has 0 bridgehead atoms. The first-order valence-corrected chi connectivity index (χ1v) is 41.5. The molecule has 0 saturated carbocycles. The summed E-state index contributed by atoms with van der Waals surface area (Å²) in [6.45, 7) is 29.1. The van der Waals surface area contributed by atoms with Gasteiger partial charge in [0.25, 0.3) is 22.2 Å². The van der Waals surface area contributed by atoms with E-state index in [1.165, 1.54) is 42.5 Å². The number of aromatic nitrogens is 16. The quantitative estimate of drug-likeness (QED) is 0.0200. The van der Waals surface area contributed by atoms with Crippen LogP contribution in [0.5, 0.6) is 11.5 Å². The van der Waals surface area contributed by atoms with E-state index in [0.29, 0.717) is 124 Å². The first-order chi connectivity index (χ1) is 61.0. The Labute approximate surface area is 729 Å². The monoisotopic (exact) mass is 1780 g/mol. The zero-order chi connectivity index (χ0) is 92.8. The number of carboxylic acids is 1. The van der Waals surface area contributed by atoms with Crippen molar-refractivity contribution in [1.82, 2.24) is 104 Å². The maximum absolute atomic E-state index is 12.4. The second-order valence-corrected chi connectivity index (χ2v) is 32.9. The number of hydrogen-bond acceptors (Lipinski definition) is 25. The van der Waals surface area contributed by atoms with E-state index < -0.39 is 69.3 Å². The lowest BCUT2D eigenvalue weighted by molar-refractivity contribution is -0.275. The van der Waals surface area contributed by atoms with Gasteiger partial charge in [-0.1, -0.05) is 24.3 Å². The molecule has 1 amide bonds. The number of halogens is 6. The highest BCUT2D eigenvalue weighted by Gasteiger charge is 2.34. The fourth-order valence-corrected chi connectivity index (χ4v) is 15.3. The zero-order valence-electron chi connectivity index (χ0n) is 72.4. The number of benzene rings is 6. The van der Waals surface area contributed by atoms with Crippen LogP contribution in [-0.4, -0.2) is 182 Å². The Kier molecular flexibility index (Phi) is 27.9. The molecule has 678 valence electrons. The molecule has 41 heteroatoms. The van der Waals surface area contributed by atoms with E-state index in [1.807, 2.05) is 134 Å². The van der Waals surface area contributed by atoms with Gasteiger partial charge in [-0.2, -0.15) is 19.9 Å². The molecule has 0 spiro atoms. The number of amides is 1. The summed E-state index contributed by atoms with van der Waals surface area (Å²) >= 11 is 0. The number of rotatable bonds is 20. The van der Waals surface area contributed by atoms with Gasteiger partial charge in [-0.05, 0) is 243 Å². The molecule has 129 heavy (non-hydrogen) atoms. The summed E-state index contributed by atoms with van der Waals surface area (Å²) in [4.78, 5) is 167. The Hall–Kier alpha value is -13.8. The minimum absolute atomic E-state index is 0.0577. The molecule has 6 aromatic carbocycles. The van der Waals surface area contributed by atoms with Crippen molar-refractivity contribution >= 4 is 56.2 Å². The molecule has 6 aromatic rings. The van der Waals surface area contributed by atoms with E-state index in [9.17, 15) is 74.3 Å². The minimum atomic E-state index is -4.76. The molecule has 10 aliphatic heterocycles. The van der Waals surface area contributed by atoms with Crippen molar-refractivity contribution in [3.05, 3.63) is 236 Å². The first-order valence-electron chi connectivity index (χ1n) is 41.5. The Morgan fingerprint density at radius 1 is 0.411 bits per heavy atom. The highest BCUT2D eigenvalue weighted by Crippen LogP contribution is 2.32. The number of carbonyl (C=O) groups is 2. The molecule has 0 atom stereocenters. The number of piperidine rings is 2. The number of alkyl halides is 6. The number of H-pyrrole nitrogens is 4. The van der Waals surface area contributed by atoms with Crippen molar-refractivity contribution in [3.63, 3.8) is 0 Å². The van der Waals surface area contributed by atoms with Crippen LogP contribution in [0.1, 0.15) is 102 Å².